The minimum Gasteiger partial charge on any atom is -0.449 e. The lowest BCUT2D eigenvalue weighted by molar-refractivity contribution is 0.138. The van der Waals surface area contributed by atoms with Crippen LogP contribution in [0.3, 0.4) is 0 Å². The van der Waals surface area contributed by atoms with Crippen molar-refractivity contribution in [2.75, 3.05) is 12.0 Å². The fourth-order valence-electron chi connectivity index (χ4n) is 0.775. The molecule has 0 aromatic carbocycles. The molecule has 16 heavy (non-hydrogen) atoms. The molecule has 88 valence electrons. The molecular formula is C8H13N5O2S. The third-order valence-corrected chi connectivity index (χ3v) is 1.61. The maximum atomic E-state index is 11.2. The van der Waals surface area contributed by atoms with Crippen molar-refractivity contribution >= 4 is 23.4 Å². The van der Waals surface area contributed by atoms with Gasteiger partial charge in [-0.25, -0.2) is 9.47 Å². The third-order valence-electron chi connectivity index (χ3n) is 1.41. The van der Waals surface area contributed by atoms with E-state index in [9.17, 15) is 4.79 Å². The number of rotatable bonds is 3. The van der Waals surface area contributed by atoms with Crippen LogP contribution in [0.2, 0.25) is 0 Å². The van der Waals surface area contributed by atoms with Gasteiger partial charge in [0.05, 0.1) is 6.61 Å². The number of hydrogen-bond acceptors (Lipinski definition) is 5. The van der Waals surface area contributed by atoms with Crippen LogP contribution in [0.15, 0.2) is 12.7 Å². The second kappa shape index (κ2) is 6.01. The quantitative estimate of drug-likeness (QED) is 0.752. The normalized spacial score (nSPS) is 9.94. The first-order valence-corrected chi connectivity index (χ1v) is 5.08. The van der Waals surface area contributed by atoms with Gasteiger partial charge in [-0.2, -0.15) is 0 Å². The molecule has 0 saturated carbocycles. The van der Waals surface area contributed by atoms with E-state index in [0.717, 1.165) is 0 Å². The van der Waals surface area contributed by atoms with Gasteiger partial charge in [-0.1, -0.05) is 13.8 Å². The van der Waals surface area contributed by atoms with Crippen LogP contribution in [0, 0.1) is 5.92 Å². The van der Waals surface area contributed by atoms with Crippen molar-refractivity contribution in [2.24, 2.45) is 5.92 Å². The first-order valence-electron chi connectivity index (χ1n) is 4.67. The number of carbonyl (C=O) groups is 1. The van der Waals surface area contributed by atoms with Gasteiger partial charge in [-0.05, 0) is 18.1 Å². The molecule has 0 saturated heterocycles. The summed E-state index contributed by atoms with van der Waals surface area (Å²) in [6.07, 6.45) is 2.24. The number of alkyl carbamates (subject to hydrolysis) is 1. The monoisotopic (exact) mass is 243 g/mol. The van der Waals surface area contributed by atoms with Crippen molar-refractivity contribution < 1.29 is 9.53 Å². The van der Waals surface area contributed by atoms with Crippen LogP contribution in [0.4, 0.5) is 4.79 Å². The van der Waals surface area contributed by atoms with Crippen LogP contribution in [-0.2, 0) is 4.74 Å². The standard InChI is InChI=1S/C8H13N5O2S/c1-6(2)3-15-8(14)11-7(16)12-13-4-9-10-5-13/h4-6H,3H2,1-2H3,(H2,11,12,14,16). The summed E-state index contributed by atoms with van der Waals surface area (Å²) in [6, 6.07) is 0. The Bertz CT molecular complexity index is 351. The number of nitrogens with one attached hydrogen (secondary N) is 2. The molecule has 1 rings (SSSR count). The second-order valence-electron chi connectivity index (χ2n) is 3.43. The van der Waals surface area contributed by atoms with Crippen LogP contribution in [-0.4, -0.2) is 32.7 Å². The summed E-state index contributed by atoms with van der Waals surface area (Å²) in [6.45, 7) is 4.24. The molecule has 0 aliphatic heterocycles. The van der Waals surface area contributed by atoms with Gasteiger partial charge in [0.1, 0.15) is 12.7 Å². The van der Waals surface area contributed by atoms with E-state index >= 15 is 0 Å². The van der Waals surface area contributed by atoms with Gasteiger partial charge in [0.15, 0.2) is 5.11 Å². The summed E-state index contributed by atoms with van der Waals surface area (Å²) in [7, 11) is 0. The van der Waals surface area contributed by atoms with Crippen molar-refractivity contribution in [3.63, 3.8) is 0 Å². The summed E-state index contributed by atoms with van der Waals surface area (Å²) in [5, 5.41) is 9.60. The molecule has 0 unspecified atom stereocenters. The molecule has 0 bridgehead atoms. The number of amides is 1. The second-order valence-corrected chi connectivity index (χ2v) is 3.84. The Morgan fingerprint density at radius 1 is 1.50 bits per heavy atom. The van der Waals surface area contributed by atoms with Crippen LogP contribution in [0.25, 0.3) is 0 Å². The molecule has 1 aromatic rings. The van der Waals surface area contributed by atoms with Gasteiger partial charge in [-0.15, -0.1) is 10.2 Å². The van der Waals surface area contributed by atoms with Crippen molar-refractivity contribution in [2.45, 2.75) is 13.8 Å². The van der Waals surface area contributed by atoms with Crippen LogP contribution < -0.4 is 10.7 Å². The third kappa shape index (κ3) is 4.69. The average Bonchev–Trinajstić information content (AvgIpc) is 2.67. The Hall–Kier alpha value is -1.70. The molecule has 8 heteroatoms. The van der Waals surface area contributed by atoms with Gasteiger partial charge in [0.25, 0.3) is 0 Å². The van der Waals surface area contributed by atoms with Crippen LogP contribution >= 0.6 is 12.2 Å². The number of carbonyl (C=O) groups excluding carboxylic acids is 1. The Morgan fingerprint density at radius 2 is 2.12 bits per heavy atom. The summed E-state index contributed by atoms with van der Waals surface area (Å²) in [4.78, 5) is 11.2. The lowest BCUT2D eigenvalue weighted by Crippen LogP contribution is -2.38. The van der Waals surface area contributed by atoms with E-state index in [0.29, 0.717) is 6.61 Å². The van der Waals surface area contributed by atoms with Crippen molar-refractivity contribution in [1.82, 2.24) is 20.2 Å². The van der Waals surface area contributed by atoms with Gasteiger partial charge in [-0.3, -0.25) is 10.7 Å². The lowest BCUT2D eigenvalue weighted by Gasteiger charge is -2.10. The first-order chi connectivity index (χ1) is 7.58. The first kappa shape index (κ1) is 12.4. The topological polar surface area (TPSA) is 81.1 Å². The molecule has 7 nitrogen and oxygen atoms in total. The lowest BCUT2D eigenvalue weighted by atomic mass is 10.2. The van der Waals surface area contributed by atoms with E-state index in [4.69, 9.17) is 17.0 Å². The number of ether oxygens (including phenoxy) is 1. The maximum absolute atomic E-state index is 11.2. The molecule has 2 N–H and O–H groups in total. The van der Waals surface area contributed by atoms with Gasteiger partial charge < -0.3 is 4.74 Å². The van der Waals surface area contributed by atoms with E-state index in [1.807, 2.05) is 13.8 Å². The van der Waals surface area contributed by atoms with Gasteiger partial charge >= 0.3 is 6.09 Å². The van der Waals surface area contributed by atoms with Crippen molar-refractivity contribution in [3.8, 4) is 0 Å². The SMILES string of the molecule is CC(C)COC(=O)NC(=S)Nn1cnnc1. The Morgan fingerprint density at radius 3 is 2.69 bits per heavy atom. The summed E-state index contributed by atoms with van der Waals surface area (Å²) in [5.41, 5.74) is 2.65. The molecule has 1 amide bonds. The van der Waals surface area contributed by atoms with E-state index in [-0.39, 0.29) is 11.0 Å². The highest BCUT2D eigenvalue weighted by Crippen LogP contribution is 1.92. The molecule has 0 radical (unpaired) electrons. The zero-order valence-corrected chi connectivity index (χ0v) is 9.82. The smallest absolute Gasteiger partial charge is 0.413 e. The molecule has 0 atom stereocenters. The molecule has 1 aromatic heterocycles. The van der Waals surface area contributed by atoms with Crippen molar-refractivity contribution in [1.29, 1.82) is 0 Å². The Labute approximate surface area is 98.2 Å². The molecule has 1 heterocycles. The minimum absolute atomic E-state index is 0.119. The predicted octanol–water partition coefficient (Wildman–Crippen LogP) is 0.489. The zero-order chi connectivity index (χ0) is 12.0. The maximum Gasteiger partial charge on any atom is 0.413 e. The fraction of sp³-hybridized carbons (Fsp3) is 0.500. The highest BCUT2D eigenvalue weighted by Gasteiger charge is 2.06. The summed E-state index contributed by atoms with van der Waals surface area (Å²) in [5.74, 6) is 0.283. The van der Waals surface area contributed by atoms with Crippen molar-refractivity contribution in [3.05, 3.63) is 12.7 Å². The number of nitrogens with zero attached hydrogens (tertiary/aromatic N) is 3. The number of thiocarbonyl (C=S) groups is 1. The number of hydrogen-bond donors (Lipinski definition) is 2. The highest BCUT2D eigenvalue weighted by atomic mass is 32.1. The summed E-state index contributed by atoms with van der Waals surface area (Å²) < 4.78 is 6.28. The predicted molar refractivity (Wildman–Crippen MR) is 61.3 cm³/mol. The van der Waals surface area contributed by atoms with Crippen LogP contribution in [0.1, 0.15) is 13.8 Å². The van der Waals surface area contributed by atoms with E-state index in [1.165, 1.54) is 17.3 Å². The molecule has 0 fully saturated rings. The largest absolute Gasteiger partial charge is 0.449 e. The highest BCUT2D eigenvalue weighted by molar-refractivity contribution is 7.80. The minimum atomic E-state index is -0.584. The molecule has 0 aliphatic carbocycles. The van der Waals surface area contributed by atoms with E-state index in [2.05, 4.69) is 20.9 Å². The Balaban J connectivity index is 2.26. The van der Waals surface area contributed by atoms with Gasteiger partial charge in [0, 0.05) is 0 Å². The molecule has 0 spiro atoms. The Kier molecular flexibility index (Phi) is 4.65. The molecule has 0 aliphatic rings. The number of aromatic nitrogens is 3. The zero-order valence-electron chi connectivity index (χ0n) is 9.01. The van der Waals surface area contributed by atoms with E-state index < -0.39 is 6.09 Å². The van der Waals surface area contributed by atoms with Gasteiger partial charge in [0.2, 0.25) is 0 Å². The summed E-state index contributed by atoms with van der Waals surface area (Å²) >= 11 is 4.86. The van der Waals surface area contributed by atoms with Crippen LogP contribution in [0.5, 0.6) is 0 Å². The van der Waals surface area contributed by atoms with E-state index in [1.54, 1.807) is 0 Å². The average molecular weight is 243 g/mol. The molecular weight excluding hydrogens is 230 g/mol. The fourth-order valence-corrected chi connectivity index (χ4v) is 0.964.